The largest absolute Gasteiger partial charge is 0.393 e. The van der Waals surface area contributed by atoms with Gasteiger partial charge in [0.2, 0.25) is 0 Å². The van der Waals surface area contributed by atoms with Gasteiger partial charge in [-0.05, 0) is 12.3 Å². The highest BCUT2D eigenvalue weighted by Gasteiger charge is 2.17. The predicted octanol–water partition coefficient (Wildman–Crippen LogP) is 1.20. The number of nitrogens with one attached hydrogen (secondary N) is 2. The first-order valence-corrected chi connectivity index (χ1v) is 7.38. The van der Waals surface area contributed by atoms with Crippen LogP contribution in [0.1, 0.15) is 26.5 Å². The van der Waals surface area contributed by atoms with Gasteiger partial charge < -0.3 is 11.1 Å². The molecule has 0 aromatic carbocycles. The van der Waals surface area contributed by atoms with E-state index in [0.29, 0.717) is 17.9 Å². The zero-order valence-corrected chi connectivity index (χ0v) is 14.6. The first kappa shape index (κ1) is 19.4. The van der Waals surface area contributed by atoms with E-state index in [1.165, 1.54) is 23.5 Å². The number of amides is 1. The van der Waals surface area contributed by atoms with Gasteiger partial charge in [0.1, 0.15) is 11.9 Å². The molecule has 1 amide bonds. The predicted molar refractivity (Wildman–Crippen MR) is 91.9 cm³/mol. The van der Waals surface area contributed by atoms with Crippen LogP contribution in [0, 0.1) is 22.5 Å². The van der Waals surface area contributed by atoms with Crippen molar-refractivity contribution in [3.8, 4) is 0 Å². The second-order valence-corrected chi connectivity index (χ2v) is 6.48. The zero-order chi connectivity index (χ0) is 18.5. The number of hydrazine groups is 1. The Labute approximate surface area is 141 Å². The molecule has 9 nitrogen and oxygen atoms in total. The average molecular weight is 336 g/mol. The van der Waals surface area contributed by atoms with Crippen molar-refractivity contribution in [2.75, 3.05) is 18.6 Å². The molecule has 0 bridgehead atoms. The van der Waals surface area contributed by atoms with Gasteiger partial charge in [-0.15, -0.1) is 0 Å². The number of anilines is 1. The van der Waals surface area contributed by atoms with E-state index in [1.807, 2.05) is 20.8 Å². The van der Waals surface area contributed by atoms with Gasteiger partial charge in [-0.1, -0.05) is 20.8 Å². The number of aromatic nitrogens is 1. The van der Waals surface area contributed by atoms with Crippen molar-refractivity contribution in [3.63, 3.8) is 0 Å². The minimum atomic E-state index is -0.535. The zero-order valence-electron chi connectivity index (χ0n) is 14.6. The summed E-state index contributed by atoms with van der Waals surface area (Å²) in [4.78, 5) is 26.4. The first-order valence-electron chi connectivity index (χ1n) is 7.38. The van der Waals surface area contributed by atoms with E-state index in [4.69, 9.17) is 5.73 Å². The van der Waals surface area contributed by atoms with Crippen LogP contribution in [0.15, 0.2) is 24.2 Å². The Hall–Kier alpha value is -2.68. The lowest BCUT2D eigenvalue weighted by molar-refractivity contribution is -0.385. The summed E-state index contributed by atoms with van der Waals surface area (Å²) in [6, 6.07) is 1.36. The van der Waals surface area contributed by atoms with E-state index < -0.39 is 10.8 Å². The van der Waals surface area contributed by atoms with Gasteiger partial charge in [-0.2, -0.15) is 0 Å². The van der Waals surface area contributed by atoms with Crippen molar-refractivity contribution >= 4 is 17.3 Å². The van der Waals surface area contributed by atoms with Gasteiger partial charge in [-0.3, -0.25) is 24.9 Å². The lowest BCUT2D eigenvalue weighted by Crippen LogP contribution is -2.38. The quantitative estimate of drug-likeness (QED) is 0.405. The molecule has 0 saturated heterocycles. The van der Waals surface area contributed by atoms with Crippen LogP contribution in [0.2, 0.25) is 0 Å². The highest BCUT2D eigenvalue weighted by molar-refractivity contribution is 5.92. The number of hydrogen-bond donors (Lipinski definition) is 3. The van der Waals surface area contributed by atoms with Crippen molar-refractivity contribution in [2.24, 2.45) is 11.1 Å². The normalized spacial score (nSPS) is 12.0. The molecule has 1 rings (SSSR count). The van der Waals surface area contributed by atoms with Crippen LogP contribution in [0.5, 0.6) is 0 Å². The van der Waals surface area contributed by atoms with Gasteiger partial charge in [0.05, 0.1) is 22.5 Å². The molecular weight excluding hydrogens is 312 g/mol. The van der Waals surface area contributed by atoms with Gasteiger partial charge in [-0.25, -0.2) is 5.43 Å². The molecule has 0 aliphatic heterocycles. The fraction of sp³-hybridized carbons (Fsp3) is 0.467. The molecular formula is C15H24N6O3. The molecule has 24 heavy (non-hydrogen) atoms. The van der Waals surface area contributed by atoms with Crippen molar-refractivity contribution in [2.45, 2.75) is 27.7 Å². The molecule has 0 atom stereocenters. The van der Waals surface area contributed by atoms with Crippen LogP contribution >= 0.6 is 0 Å². The Kier molecular flexibility index (Phi) is 6.24. The smallest absolute Gasteiger partial charge is 0.289 e. The Morgan fingerprint density at radius 1 is 1.50 bits per heavy atom. The Morgan fingerprint density at radius 3 is 2.62 bits per heavy atom. The fourth-order valence-corrected chi connectivity index (χ4v) is 1.75. The summed E-state index contributed by atoms with van der Waals surface area (Å²) < 4.78 is 0. The number of hydrogen-bond acceptors (Lipinski definition) is 7. The number of nitro groups is 1. The maximum absolute atomic E-state index is 12.0. The minimum Gasteiger partial charge on any atom is -0.393 e. The van der Waals surface area contributed by atoms with Gasteiger partial charge in [0.15, 0.2) is 0 Å². The Balaban J connectivity index is 3.03. The van der Waals surface area contributed by atoms with E-state index in [2.05, 4.69) is 15.7 Å². The highest BCUT2D eigenvalue weighted by Crippen LogP contribution is 2.22. The van der Waals surface area contributed by atoms with Crippen LogP contribution in [0.4, 0.5) is 11.4 Å². The number of rotatable bonds is 6. The van der Waals surface area contributed by atoms with Crippen molar-refractivity contribution in [1.82, 2.24) is 15.7 Å². The molecule has 0 aliphatic rings. The number of carbonyl (C=O) groups excluding carboxylic acids is 1. The second-order valence-electron chi connectivity index (χ2n) is 6.48. The molecule has 1 heterocycles. The maximum atomic E-state index is 12.0. The van der Waals surface area contributed by atoms with Gasteiger partial charge in [0, 0.05) is 19.7 Å². The molecule has 0 radical (unpaired) electrons. The van der Waals surface area contributed by atoms with Crippen LogP contribution in [0.25, 0.3) is 0 Å². The monoisotopic (exact) mass is 336 g/mol. The topological polar surface area (TPSA) is 126 Å². The molecule has 9 heteroatoms. The number of carbonyl (C=O) groups is 1. The van der Waals surface area contributed by atoms with E-state index in [9.17, 15) is 14.9 Å². The van der Waals surface area contributed by atoms with Gasteiger partial charge in [0.25, 0.3) is 11.6 Å². The molecule has 132 valence electrons. The number of nitrogens with two attached hydrogens (primary N) is 1. The Bertz CT molecular complexity index is 651. The average Bonchev–Trinajstić information content (AvgIpc) is 2.49. The van der Waals surface area contributed by atoms with Crippen LogP contribution in [-0.2, 0) is 4.79 Å². The van der Waals surface area contributed by atoms with E-state index in [-0.39, 0.29) is 16.8 Å². The second kappa shape index (κ2) is 7.73. The van der Waals surface area contributed by atoms with Crippen molar-refractivity contribution in [1.29, 1.82) is 0 Å². The lowest BCUT2D eigenvalue weighted by Gasteiger charge is -2.22. The summed E-state index contributed by atoms with van der Waals surface area (Å²) in [6.45, 7) is 8.14. The standard InChI is InChI=1S/C15H24N6O3/c1-10-13(6-11(7-18-10)21(23)24)20(17-5)8-12(16)14(22)19-9-15(2,3)4/h6-8,17H,9,16H2,1-5H3,(H,19,22)/b12-8-. The summed E-state index contributed by atoms with van der Waals surface area (Å²) in [6.07, 6.45) is 2.54. The maximum Gasteiger partial charge on any atom is 0.289 e. The van der Waals surface area contributed by atoms with Crippen molar-refractivity contribution in [3.05, 3.63) is 40.0 Å². The third kappa shape index (κ3) is 5.51. The minimum absolute atomic E-state index is 0.0282. The van der Waals surface area contributed by atoms with E-state index in [1.54, 1.807) is 14.0 Å². The van der Waals surface area contributed by atoms with Crippen LogP contribution in [-0.4, -0.2) is 29.4 Å². The highest BCUT2D eigenvalue weighted by atomic mass is 16.6. The molecule has 0 spiro atoms. The molecule has 0 unspecified atom stereocenters. The number of aryl methyl sites for hydroxylation is 1. The number of pyridine rings is 1. The summed E-state index contributed by atoms with van der Waals surface area (Å²) in [5, 5.41) is 15.1. The molecule has 4 N–H and O–H groups in total. The molecule has 0 aliphatic carbocycles. The SMILES string of the molecule is CNN(/C=C(\N)C(=O)NCC(C)(C)C)c1cc([N+](=O)[O-])cnc1C. The Morgan fingerprint density at radius 2 is 2.12 bits per heavy atom. The third-order valence-corrected chi connectivity index (χ3v) is 3.07. The fourth-order valence-electron chi connectivity index (χ4n) is 1.75. The summed E-state index contributed by atoms with van der Waals surface area (Å²) >= 11 is 0. The molecule has 0 fully saturated rings. The molecule has 1 aromatic heterocycles. The van der Waals surface area contributed by atoms with Crippen LogP contribution in [0.3, 0.4) is 0 Å². The van der Waals surface area contributed by atoms with E-state index >= 15 is 0 Å². The summed E-state index contributed by atoms with van der Waals surface area (Å²) in [5.74, 6) is -0.416. The lowest BCUT2D eigenvalue weighted by atomic mass is 9.97. The third-order valence-electron chi connectivity index (χ3n) is 3.07. The van der Waals surface area contributed by atoms with E-state index in [0.717, 1.165) is 0 Å². The molecule has 1 aromatic rings. The van der Waals surface area contributed by atoms with Crippen molar-refractivity contribution < 1.29 is 9.72 Å². The van der Waals surface area contributed by atoms with Crippen LogP contribution < -0.4 is 21.5 Å². The summed E-state index contributed by atoms with van der Waals surface area (Å²) in [5.41, 5.74) is 9.37. The molecule has 0 saturated carbocycles. The summed E-state index contributed by atoms with van der Waals surface area (Å²) in [7, 11) is 1.61. The number of nitrogens with zero attached hydrogens (tertiary/aromatic N) is 3. The first-order chi connectivity index (χ1) is 11.0. The van der Waals surface area contributed by atoms with Gasteiger partial charge >= 0.3 is 0 Å².